The fraction of sp³-hybridized carbons (Fsp3) is 0.304. The Morgan fingerprint density at radius 1 is 0.963 bits per heavy atom. The zero-order chi connectivity index (χ0) is 19.6. The van der Waals surface area contributed by atoms with Gasteiger partial charge in [0.05, 0.1) is 0 Å². The number of nitrogens with one attached hydrogen (secondary N) is 2. The third-order valence-electron chi connectivity index (χ3n) is 4.22. The van der Waals surface area contributed by atoms with Crippen LogP contribution in [0.4, 0.5) is 0 Å². The third kappa shape index (κ3) is 7.10. The fourth-order valence-electron chi connectivity index (χ4n) is 2.54. The van der Waals surface area contributed by atoms with Gasteiger partial charge in [-0.2, -0.15) is 0 Å². The van der Waals surface area contributed by atoms with Crippen molar-refractivity contribution in [2.24, 2.45) is 5.92 Å². The van der Waals surface area contributed by atoms with Crippen LogP contribution in [-0.4, -0.2) is 18.4 Å². The highest BCUT2D eigenvalue weighted by Crippen LogP contribution is 2.08. The first-order valence-corrected chi connectivity index (χ1v) is 9.34. The van der Waals surface area contributed by atoms with Crippen molar-refractivity contribution >= 4 is 17.9 Å². The van der Waals surface area contributed by atoms with Gasteiger partial charge in [0, 0.05) is 24.2 Å². The Kier molecular flexibility index (Phi) is 7.80. The van der Waals surface area contributed by atoms with Crippen molar-refractivity contribution in [3.63, 3.8) is 0 Å². The minimum atomic E-state index is -0.102. The van der Waals surface area contributed by atoms with Crippen molar-refractivity contribution in [3.8, 4) is 0 Å². The van der Waals surface area contributed by atoms with Gasteiger partial charge < -0.3 is 10.6 Å². The zero-order valence-corrected chi connectivity index (χ0v) is 16.3. The van der Waals surface area contributed by atoms with E-state index >= 15 is 0 Å². The Balaban J connectivity index is 1.84. The van der Waals surface area contributed by atoms with Crippen LogP contribution < -0.4 is 10.6 Å². The van der Waals surface area contributed by atoms with Crippen LogP contribution in [-0.2, 0) is 11.3 Å². The fourth-order valence-corrected chi connectivity index (χ4v) is 2.54. The number of amides is 2. The Morgan fingerprint density at radius 3 is 2.26 bits per heavy atom. The molecule has 0 aliphatic rings. The highest BCUT2D eigenvalue weighted by Gasteiger charge is 2.07. The lowest BCUT2D eigenvalue weighted by Gasteiger charge is -2.09. The van der Waals surface area contributed by atoms with Crippen LogP contribution in [0, 0.1) is 5.92 Å². The average molecular weight is 364 g/mol. The molecule has 0 aliphatic carbocycles. The van der Waals surface area contributed by atoms with E-state index in [-0.39, 0.29) is 11.8 Å². The molecule has 27 heavy (non-hydrogen) atoms. The second-order valence-electron chi connectivity index (χ2n) is 7.06. The van der Waals surface area contributed by atoms with Crippen molar-refractivity contribution < 1.29 is 9.59 Å². The normalized spacial score (nSPS) is 11.3. The minimum absolute atomic E-state index is 0.0622. The summed E-state index contributed by atoms with van der Waals surface area (Å²) < 4.78 is 0. The van der Waals surface area contributed by atoms with Gasteiger partial charge in [-0.1, -0.05) is 56.3 Å². The van der Waals surface area contributed by atoms with Crippen molar-refractivity contribution in [3.05, 3.63) is 76.9 Å². The molecular formula is C23H28N2O2. The molecule has 0 saturated heterocycles. The van der Waals surface area contributed by atoms with Gasteiger partial charge in [0.2, 0.25) is 5.91 Å². The summed E-state index contributed by atoms with van der Waals surface area (Å²) in [6.07, 6.45) is 2.83. The predicted molar refractivity (Wildman–Crippen MR) is 110 cm³/mol. The second-order valence-corrected chi connectivity index (χ2v) is 7.06. The standard InChI is InChI=1S/C23H28N2O2/c1-17(2)13-14-24-23(27)21-11-9-20(10-12-21)16-25-22(26)18(3)15-19-7-5-4-6-8-19/h4-12,15,17H,13-14,16H2,1-3H3,(H,24,27)(H,25,26)/b18-15+. The average Bonchev–Trinajstić information content (AvgIpc) is 2.67. The van der Waals surface area contributed by atoms with E-state index in [0.717, 1.165) is 17.5 Å². The summed E-state index contributed by atoms with van der Waals surface area (Å²) in [4.78, 5) is 24.3. The van der Waals surface area contributed by atoms with Gasteiger partial charge in [0.1, 0.15) is 0 Å². The van der Waals surface area contributed by atoms with Gasteiger partial charge in [0.25, 0.3) is 5.91 Å². The molecule has 4 heteroatoms. The van der Waals surface area contributed by atoms with E-state index in [2.05, 4.69) is 24.5 Å². The molecule has 4 nitrogen and oxygen atoms in total. The van der Waals surface area contributed by atoms with Crippen LogP contribution in [0.1, 0.15) is 48.7 Å². The zero-order valence-electron chi connectivity index (χ0n) is 16.3. The number of rotatable bonds is 8. The largest absolute Gasteiger partial charge is 0.352 e. The van der Waals surface area contributed by atoms with Gasteiger partial charge in [-0.25, -0.2) is 0 Å². The minimum Gasteiger partial charge on any atom is -0.352 e. The lowest BCUT2D eigenvalue weighted by atomic mass is 10.1. The first kappa shape index (κ1) is 20.4. The van der Waals surface area contributed by atoms with Gasteiger partial charge in [-0.3, -0.25) is 9.59 Å². The Bertz CT molecular complexity index is 778. The molecule has 2 N–H and O–H groups in total. The molecule has 0 fully saturated rings. The number of carbonyl (C=O) groups excluding carboxylic acids is 2. The molecule has 2 aromatic carbocycles. The number of carbonyl (C=O) groups is 2. The van der Waals surface area contributed by atoms with E-state index in [0.29, 0.717) is 30.1 Å². The lowest BCUT2D eigenvalue weighted by Crippen LogP contribution is -2.25. The molecule has 0 atom stereocenters. The smallest absolute Gasteiger partial charge is 0.251 e. The number of hydrogen-bond donors (Lipinski definition) is 2. The number of hydrogen-bond acceptors (Lipinski definition) is 2. The van der Waals surface area contributed by atoms with Crippen LogP contribution >= 0.6 is 0 Å². The molecule has 0 heterocycles. The lowest BCUT2D eigenvalue weighted by molar-refractivity contribution is -0.117. The molecule has 0 aliphatic heterocycles. The maximum Gasteiger partial charge on any atom is 0.251 e. The predicted octanol–water partition coefficient (Wildman–Crippen LogP) is 4.18. The van der Waals surface area contributed by atoms with Gasteiger partial charge in [-0.15, -0.1) is 0 Å². The van der Waals surface area contributed by atoms with E-state index in [9.17, 15) is 9.59 Å². The van der Waals surface area contributed by atoms with E-state index in [4.69, 9.17) is 0 Å². The Hall–Kier alpha value is -2.88. The van der Waals surface area contributed by atoms with E-state index < -0.39 is 0 Å². The van der Waals surface area contributed by atoms with Crippen LogP contribution in [0.2, 0.25) is 0 Å². The second kappa shape index (κ2) is 10.3. The topological polar surface area (TPSA) is 58.2 Å². The Labute approximate surface area is 161 Å². The summed E-state index contributed by atoms with van der Waals surface area (Å²) in [5.41, 5.74) is 3.24. The van der Waals surface area contributed by atoms with Crippen LogP contribution in [0.5, 0.6) is 0 Å². The molecular weight excluding hydrogens is 336 g/mol. The first-order valence-electron chi connectivity index (χ1n) is 9.34. The van der Waals surface area contributed by atoms with E-state index in [1.54, 1.807) is 19.1 Å². The molecule has 0 spiro atoms. The van der Waals surface area contributed by atoms with Crippen molar-refractivity contribution in [1.82, 2.24) is 10.6 Å². The molecule has 0 radical (unpaired) electrons. The summed E-state index contributed by atoms with van der Waals surface area (Å²) in [5, 5.41) is 5.83. The SMILES string of the molecule is C/C(=C\c1ccccc1)C(=O)NCc1ccc(C(=O)NCCC(C)C)cc1. The van der Waals surface area contributed by atoms with Gasteiger partial charge in [-0.05, 0) is 48.6 Å². The summed E-state index contributed by atoms with van der Waals surface area (Å²) in [6.45, 7) is 7.17. The molecule has 142 valence electrons. The highest BCUT2D eigenvalue weighted by molar-refractivity contribution is 5.97. The van der Waals surface area contributed by atoms with E-state index in [1.807, 2.05) is 48.5 Å². The molecule has 0 aromatic heterocycles. The number of benzene rings is 2. The molecule has 0 unspecified atom stereocenters. The van der Waals surface area contributed by atoms with Crippen molar-refractivity contribution in [1.29, 1.82) is 0 Å². The maximum absolute atomic E-state index is 12.2. The first-order chi connectivity index (χ1) is 13.0. The maximum atomic E-state index is 12.2. The van der Waals surface area contributed by atoms with Crippen molar-refractivity contribution in [2.45, 2.75) is 33.7 Å². The monoisotopic (exact) mass is 364 g/mol. The molecule has 0 saturated carbocycles. The summed E-state index contributed by atoms with van der Waals surface area (Å²) in [5.74, 6) is 0.401. The van der Waals surface area contributed by atoms with Crippen LogP contribution in [0.15, 0.2) is 60.2 Å². The van der Waals surface area contributed by atoms with Gasteiger partial charge >= 0.3 is 0 Å². The van der Waals surface area contributed by atoms with Crippen molar-refractivity contribution in [2.75, 3.05) is 6.54 Å². The summed E-state index contributed by atoms with van der Waals surface area (Å²) in [7, 11) is 0. The molecule has 0 bridgehead atoms. The van der Waals surface area contributed by atoms with Crippen LogP contribution in [0.3, 0.4) is 0 Å². The Morgan fingerprint density at radius 2 is 1.63 bits per heavy atom. The third-order valence-corrected chi connectivity index (χ3v) is 4.22. The summed E-state index contributed by atoms with van der Waals surface area (Å²) in [6, 6.07) is 17.1. The highest BCUT2D eigenvalue weighted by atomic mass is 16.2. The summed E-state index contributed by atoms with van der Waals surface area (Å²) >= 11 is 0. The molecule has 2 amide bonds. The molecule has 2 rings (SSSR count). The van der Waals surface area contributed by atoms with Crippen LogP contribution in [0.25, 0.3) is 6.08 Å². The quantitative estimate of drug-likeness (QED) is 0.690. The van der Waals surface area contributed by atoms with E-state index in [1.165, 1.54) is 0 Å². The van der Waals surface area contributed by atoms with Gasteiger partial charge in [0.15, 0.2) is 0 Å². The molecule has 2 aromatic rings.